The molecule has 0 atom stereocenters. The fourth-order valence-corrected chi connectivity index (χ4v) is 3.11. The summed E-state index contributed by atoms with van der Waals surface area (Å²) in [5.41, 5.74) is 1.94. The lowest BCUT2D eigenvalue weighted by atomic mass is 10.2. The van der Waals surface area contributed by atoms with Gasteiger partial charge in [0.05, 0.1) is 30.4 Å². The maximum atomic E-state index is 12.1. The number of methoxy groups -OCH3 is 2. The molecule has 1 aliphatic heterocycles. The van der Waals surface area contributed by atoms with Gasteiger partial charge in [0.2, 0.25) is 0 Å². The maximum Gasteiger partial charge on any atom is 0.337 e. The first-order chi connectivity index (χ1) is 12.6. The Morgan fingerprint density at radius 1 is 1.15 bits per heavy atom. The molecule has 0 unspecified atom stereocenters. The van der Waals surface area contributed by atoms with Crippen LogP contribution in [0.5, 0.6) is 5.75 Å². The van der Waals surface area contributed by atoms with Gasteiger partial charge in [-0.25, -0.2) is 9.79 Å². The van der Waals surface area contributed by atoms with Crippen molar-refractivity contribution in [3.63, 3.8) is 0 Å². The van der Waals surface area contributed by atoms with Crippen LogP contribution in [0.4, 0.5) is 5.69 Å². The highest BCUT2D eigenvalue weighted by Crippen LogP contribution is 2.28. The van der Waals surface area contributed by atoms with Gasteiger partial charge >= 0.3 is 5.97 Å². The third-order valence-electron chi connectivity index (χ3n) is 3.56. The SMILES string of the molecule is COC(=O)c1ccc(N=C2NC(=O)/C(=C/c3cccc(OC)c3)S2)cc1. The molecule has 0 aromatic heterocycles. The van der Waals surface area contributed by atoms with E-state index >= 15 is 0 Å². The summed E-state index contributed by atoms with van der Waals surface area (Å²) >= 11 is 1.25. The number of thioether (sulfide) groups is 1. The fraction of sp³-hybridized carbons (Fsp3) is 0.105. The van der Waals surface area contributed by atoms with Gasteiger partial charge in [-0.2, -0.15) is 0 Å². The number of benzene rings is 2. The molecule has 0 saturated carbocycles. The average Bonchev–Trinajstić information content (AvgIpc) is 3.00. The number of amidine groups is 1. The van der Waals surface area contributed by atoms with Crippen LogP contribution in [-0.2, 0) is 9.53 Å². The molecule has 6 nitrogen and oxygen atoms in total. The van der Waals surface area contributed by atoms with Crippen molar-refractivity contribution in [2.45, 2.75) is 0 Å². The smallest absolute Gasteiger partial charge is 0.337 e. The van der Waals surface area contributed by atoms with Crippen molar-refractivity contribution in [3.05, 3.63) is 64.6 Å². The molecular weight excluding hydrogens is 352 g/mol. The van der Waals surface area contributed by atoms with Crippen molar-refractivity contribution < 1.29 is 19.1 Å². The van der Waals surface area contributed by atoms with Crippen LogP contribution >= 0.6 is 11.8 Å². The average molecular weight is 368 g/mol. The Bertz CT molecular complexity index is 904. The van der Waals surface area contributed by atoms with E-state index in [1.54, 1.807) is 37.5 Å². The van der Waals surface area contributed by atoms with Crippen LogP contribution in [-0.4, -0.2) is 31.3 Å². The first kappa shape index (κ1) is 17.8. The molecule has 1 aliphatic rings. The lowest BCUT2D eigenvalue weighted by molar-refractivity contribution is -0.115. The lowest BCUT2D eigenvalue weighted by Crippen LogP contribution is -2.19. The molecule has 0 radical (unpaired) electrons. The summed E-state index contributed by atoms with van der Waals surface area (Å²) in [6.45, 7) is 0. The number of nitrogens with one attached hydrogen (secondary N) is 1. The third-order valence-corrected chi connectivity index (χ3v) is 4.47. The van der Waals surface area contributed by atoms with E-state index in [9.17, 15) is 9.59 Å². The minimum absolute atomic E-state index is 0.206. The molecule has 1 saturated heterocycles. The number of carbonyl (C=O) groups excluding carboxylic acids is 2. The van der Waals surface area contributed by atoms with Gasteiger partial charge in [-0.1, -0.05) is 12.1 Å². The van der Waals surface area contributed by atoms with Gasteiger partial charge in [-0.3, -0.25) is 4.79 Å². The Hall–Kier alpha value is -3.06. The standard InChI is InChI=1S/C19H16N2O4S/c1-24-15-5-3-4-12(10-15)11-16-17(22)21-19(26-16)20-14-8-6-13(7-9-14)18(23)25-2/h3-11H,1-2H3,(H,20,21,22)/b16-11-. The van der Waals surface area contributed by atoms with E-state index in [1.807, 2.05) is 24.3 Å². The highest BCUT2D eigenvalue weighted by atomic mass is 32.2. The quantitative estimate of drug-likeness (QED) is 0.661. The molecule has 7 heteroatoms. The molecule has 26 heavy (non-hydrogen) atoms. The van der Waals surface area contributed by atoms with E-state index in [-0.39, 0.29) is 5.91 Å². The summed E-state index contributed by atoms with van der Waals surface area (Å²) in [6.07, 6.45) is 1.78. The van der Waals surface area contributed by atoms with Gasteiger partial charge in [0.1, 0.15) is 5.75 Å². The van der Waals surface area contributed by atoms with Gasteiger partial charge < -0.3 is 14.8 Å². The largest absolute Gasteiger partial charge is 0.497 e. The second-order valence-electron chi connectivity index (χ2n) is 5.30. The van der Waals surface area contributed by atoms with Gasteiger partial charge in [0, 0.05) is 0 Å². The van der Waals surface area contributed by atoms with Gasteiger partial charge in [-0.05, 0) is 59.8 Å². The molecule has 0 spiro atoms. The van der Waals surface area contributed by atoms with Crippen LogP contribution in [0.3, 0.4) is 0 Å². The summed E-state index contributed by atoms with van der Waals surface area (Å²) in [6, 6.07) is 14.1. The first-order valence-electron chi connectivity index (χ1n) is 7.71. The van der Waals surface area contributed by atoms with E-state index in [0.29, 0.717) is 21.3 Å². The number of aliphatic imine (C=N–C) groups is 1. The summed E-state index contributed by atoms with van der Waals surface area (Å²) < 4.78 is 9.85. The monoisotopic (exact) mass is 368 g/mol. The van der Waals surface area contributed by atoms with Crippen LogP contribution in [0, 0.1) is 0 Å². The van der Waals surface area contributed by atoms with Crippen LogP contribution in [0.25, 0.3) is 6.08 Å². The number of carbonyl (C=O) groups is 2. The Balaban J connectivity index is 1.77. The topological polar surface area (TPSA) is 77.0 Å². The highest BCUT2D eigenvalue weighted by Gasteiger charge is 2.23. The zero-order valence-electron chi connectivity index (χ0n) is 14.2. The van der Waals surface area contributed by atoms with Crippen LogP contribution < -0.4 is 10.1 Å². The minimum Gasteiger partial charge on any atom is -0.497 e. The van der Waals surface area contributed by atoms with E-state index < -0.39 is 5.97 Å². The van der Waals surface area contributed by atoms with Crippen molar-refractivity contribution in [1.29, 1.82) is 0 Å². The Morgan fingerprint density at radius 3 is 2.62 bits per heavy atom. The molecule has 2 aromatic rings. The van der Waals surface area contributed by atoms with E-state index in [4.69, 9.17) is 4.74 Å². The number of hydrogen-bond donors (Lipinski definition) is 1. The van der Waals surface area contributed by atoms with E-state index in [1.165, 1.54) is 18.9 Å². The molecule has 1 heterocycles. The summed E-state index contributed by atoms with van der Waals surface area (Å²) in [4.78, 5) is 28.5. The zero-order valence-corrected chi connectivity index (χ0v) is 15.0. The maximum absolute atomic E-state index is 12.1. The Kier molecular flexibility index (Phi) is 5.38. The number of ether oxygens (including phenoxy) is 2. The number of nitrogens with zero attached hydrogens (tertiary/aromatic N) is 1. The molecule has 2 aromatic carbocycles. The zero-order chi connectivity index (χ0) is 18.5. The molecule has 1 fully saturated rings. The number of esters is 1. The second kappa shape index (κ2) is 7.88. The second-order valence-corrected chi connectivity index (χ2v) is 6.33. The minimum atomic E-state index is -0.406. The normalized spacial score (nSPS) is 16.6. The van der Waals surface area contributed by atoms with Gasteiger partial charge in [-0.15, -0.1) is 0 Å². The van der Waals surface area contributed by atoms with Gasteiger partial charge in [0.15, 0.2) is 5.17 Å². The van der Waals surface area contributed by atoms with Crippen LogP contribution in [0.1, 0.15) is 15.9 Å². The van der Waals surface area contributed by atoms with Crippen LogP contribution in [0.2, 0.25) is 0 Å². The van der Waals surface area contributed by atoms with Crippen molar-refractivity contribution in [1.82, 2.24) is 5.32 Å². The molecule has 132 valence electrons. The summed E-state index contributed by atoms with van der Waals surface area (Å²) in [5, 5.41) is 3.21. The molecule has 1 N–H and O–H groups in total. The van der Waals surface area contributed by atoms with Crippen molar-refractivity contribution in [2.24, 2.45) is 4.99 Å². The number of hydrogen-bond acceptors (Lipinski definition) is 6. The predicted molar refractivity (Wildman–Crippen MR) is 102 cm³/mol. The van der Waals surface area contributed by atoms with Crippen molar-refractivity contribution in [2.75, 3.05) is 14.2 Å². The first-order valence-corrected chi connectivity index (χ1v) is 8.53. The summed E-state index contributed by atoms with van der Waals surface area (Å²) in [5.74, 6) is 0.112. The van der Waals surface area contributed by atoms with Crippen molar-refractivity contribution >= 4 is 40.6 Å². The van der Waals surface area contributed by atoms with E-state index in [0.717, 1.165) is 11.3 Å². The number of rotatable bonds is 4. The molecular formula is C19H16N2O4S. The fourth-order valence-electron chi connectivity index (χ4n) is 2.27. The molecule has 0 aliphatic carbocycles. The van der Waals surface area contributed by atoms with Crippen molar-refractivity contribution in [3.8, 4) is 5.75 Å². The van der Waals surface area contributed by atoms with E-state index in [2.05, 4.69) is 15.0 Å². The third kappa shape index (κ3) is 4.12. The Labute approximate surface area is 154 Å². The molecule has 3 rings (SSSR count). The molecule has 0 bridgehead atoms. The summed E-state index contributed by atoms with van der Waals surface area (Å²) in [7, 11) is 2.93. The van der Waals surface area contributed by atoms with Crippen LogP contribution in [0.15, 0.2) is 58.4 Å². The number of amides is 1. The predicted octanol–water partition coefficient (Wildman–Crippen LogP) is 3.37. The van der Waals surface area contributed by atoms with Gasteiger partial charge in [0.25, 0.3) is 5.91 Å². The highest BCUT2D eigenvalue weighted by molar-refractivity contribution is 8.18. The molecule has 1 amide bonds. The lowest BCUT2D eigenvalue weighted by Gasteiger charge is -2.00. The Morgan fingerprint density at radius 2 is 1.92 bits per heavy atom.